The highest BCUT2D eigenvalue weighted by atomic mass is 32.2. The van der Waals surface area contributed by atoms with Crippen LogP contribution < -0.4 is 5.32 Å². The van der Waals surface area contributed by atoms with Crippen LogP contribution in [0.25, 0.3) is 0 Å². The maximum Gasteiger partial charge on any atom is 0.278 e. The second-order valence-electron chi connectivity index (χ2n) is 8.97. The van der Waals surface area contributed by atoms with Crippen LogP contribution in [0.1, 0.15) is 54.6 Å². The number of carbonyl (C=O) groups is 1. The first-order valence-corrected chi connectivity index (χ1v) is 11.5. The van der Waals surface area contributed by atoms with Crippen LogP contribution in [0, 0.1) is 11.3 Å². The van der Waals surface area contributed by atoms with Gasteiger partial charge in [0.25, 0.3) is 5.91 Å². The highest BCUT2D eigenvalue weighted by molar-refractivity contribution is 7.98. The van der Waals surface area contributed by atoms with E-state index in [4.69, 9.17) is 4.52 Å². The Morgan fingerprint density at radius 1 is 1.30 bits per heavy atom. The topological polar surface area (TPSA) is 73.0 Å². The predicted octanol–water partition coefficient (Wildman–Crippen LogP) is 5.04. The highest BCUT2D eigenvalue weighted by Gasteiger charge is 2.34. The summed E-state index contributed by atoms with van der Waals surface area (Å²) in [7, 11) is 0. The first-order valence-electron chi connectivity index (χ1n) is 10.3. The number of rotatable bonds is 5. The number of nitrogens with one attached hydrogen (secondary N) is 1. The van der Waals surface area contributed by atoms with Crippen LogP contribution in [0.3, 0.4) is 0 Å². The number of thioether (sulfide) groups is 1. The summed E-state index contributed by atoms with van der Waals surface area (Å²) in [5, 5.41) is 11.4. The van der Waals surface area contributed by atoms with Gasteiger partial charge < -0.3 is 9.84 Å². The minimum absolute atomic E-state index is 0.192. The Morgan fingerprint density at radius 2 is 2.07 bits per heavy atom. The molecule has 1 amide bonds. The molecule has 2 heterocycles. The number of anilines is 1. The van der Waals surface area contributed by atoms with E-state index in [9.17, 15) is 4.79 Å². The largest absolute Gasteiger partial charge is 0.360 e. The summed E-state index contributed by atoms with van der Waals surface area (Å²) in [6, 6.07) is 8.40. The molecule has 0 bridgehead atoms. The minimum Gasteiger partial charge on any atom is -0.360 e. The average molecular weight is 425 g/mol. The van der Waals surface area contributed by atoms with Crippen molar-refractivity contribution >= 4 is 23.4 Å². The van der Waals surface area contributed by atoms with Gasteiger partial charge in [0.1, 0.15) is 5.76 Å². The molecule has 0 saturated heterocycles. The van der Waals surface area contributed by atoms with E-state index in [1.807, 2.05) is 10.9 Å². The molecule has 1 aliphatic rings. The van der Waals surface area contributed by atoms with Crippen LogP contribution in [0.2, 0.25) is 0 Å². The number of benzene rings is 1. The van der Waals surface area contributed by atoms with Gasteiger partial charge in [-0.2, -0.15) is 5.10 Å². The molecule has 4 rings (SSSR count). The van der Waals surface area contributed by atoms with Gasteiger partial charge in [0.2, 0.25) is 0 Å². The Balaban J connectivity index is 1.43. The lowest BCUT2D eigenvalue weighted by Gasteiger charge is -2.33. The van der Waals surface area contributed by atoms with Gasteiger partial charge in [-0.1, -0.05) is 38.1 Å². The van der Waals surface area contributed by atoms with Crippen molar-refractivity contribution in [1.29, 1.82) is 0 Å². The van der Waals surface area contributed by atoms with Gasteiger partial charge in [0.05, 0.1) is 18.4 Å². The van der Waals surface area contributed by atoms with Crippen LogP contribution in [0.4, 0.5) is 5.69 Å². The quantitative estimate of drug-likeness (QED) is 0.581. The van der Waals surface area contributed by atoms with Gasteiger partial charge in [-0.25, -0.2) is 0 Å². The number of aromatic nitrogens is 3. The Labute approximate surface area is 181 Å². The zero-order valence-corrected chi connectivity index (χ0v) is 18.8. The molecule has 0 saturated carbocycles. The molecule has 0 spiro atoms. The number of nitrogens with zero attached hydrogens (tertiary/aromatic N) is 3. The Hall–Kier alpha value is -2.54. The van der Waals surface area contributed by atoms with Gasteiger partial charge in [0.15, 0.2) is 5.69 Å². The molecule has 0 fully saturated rings. The van der Waals surface area contributed by atoms with Crippen molar-refractivity contribution in [3.05, 3.63) is 59.2 Å². The third-order valence-corrected chi connectivity index (χ3v) is 6.62. The summed E-state index contributed by atoms with van der Waals surface area (Å²) < 4.78 is 7.29. The lowest BCUT2D eigenvalue weighted by molar-refractivity contribution is 0.101. The molecule has 3 aromatic rings. The Bertz CT molecular complexity index is 1030. The van der Waals surface area contributed by atoms with E-state index in [0.29, 0.717) is 23.8 Å². The second-order valence-corrected chi connectivity index (χ2v) is 9.85. The Kier molecular flexibility index (Phi) is 5.73. The molecule has 7 heteroatoms. The van der Waals surface area contributed by atoms with E-state index >= 15 is 0 Å². The number of fused-ring (bicyclic) bond motifs is 1. The summed E-state index contributed by atoms with van der Waals surface area (Å²) in [5.74, 6) is 1.12. The molecule has 0 radical (unpaired) electrons. The number of hydrogen-bond acceptors (Lipinski definition) is 5. The summed E-state index contributed by atoms with van der Waals surface area (Å²) in [5.41, 5.74) is 3.37. The van der Waals surface area contributed by atoms with E-state index < -0.39 is 0 Å². The number of amides is 1. The SMILES string of the molecule is CSc1ccc(Cn2cc(NC(=O)c3noc4c3CC(C(C)(C)C)CC4)cn2)cc1. The van der Waals surface area contributed by atoms with Crippen molar-refractivity contribution < 1.29 is 9.32 Å². The van der Waals surface area contributed by atoms with E-state index in [0.717, 1.165) is 36.1 Å². The van der Waals surface area contributed by atoms with Gasteiger partial charge in [-0.15, -0.1) is 11.8 Å². The maximum absolute atomic E-state index is 12.9. The normalized spacial score (nSPS) is 16.3. The molecule has 30 heavy (non-hydrogen) atoms. The minimum atomic E-state index is -0.238. The van der Waals surface area contributed by atoms with Crippen LogP contribution >= 0.6 is 11.8 Å². The van der Waals surface area contributed by atoms with Gasteiger partial charge in [-0.3, -0.25) is 9.48 Å². The van der Waals surface area contributed by atoms with Crippen LogP contribution in [0.5, 0.6) is 0 Å². The number of hydrogen-bond donors (Lipinski definition) is 1. The standard InChI is InChI=1S/C23H28N4O2S/c1-23(2,3)16-7-10-20-19(11-16)21(26-29-20)22(28)25-17-12-24-27(14-17)13-15-5-8-18(30-4)9-6-15/h5-6,8-9,12,14,16H,7,10-11,13H2,1-4H3,(H,25,28). The van der Waals surface area contributed by atoms with Crippen LogP contribution in [-0.2, 0) is 19.4 Å². The summed E-state index contributed by atoms with van der Waals surface area (Å²) >= 11 is 1.72. The van der Waals surface area contributed by atoms with Crippen LogP contribution in [0.15, 0.2) is 46.1 Å². The van der Waals surface area contributed by atoms with Gasteiger partial charge >= 0.3 is 0 Å². The molecule has 1 unspecified atom stereocenters. The molecular formula is C23H28N4O2S. The second kappa shape index (κ2) is 8.30. The predicted molar refractivity (Wildman–Crippen MR) is 119 cm³/mol. The fraction of sp³-hybridized carbons (Fsp3) is 0.435. The fourth-order valence-electron chi connectivity index (χ4n) is 3.94. The molecule has 1 aromatic carbocycles. The lowest BCUT2D eigenvalue weighted by atomic mass is 9.71. The summed E-state index contributed by atoms with van der Waals surface area (Å²) in [6.45, 7) is 7.40. The van der Waals surface area contributed by atoms with Gasteiger partial charge in [0, 0.05) is 23.1 Å². The molecule has 1 atom stereocenters. The lowest BCUT2D eigenvalue weighted by Crippen LogP contribution is -2.27. The average Bonchev–Trinajstić information content (AvgIpc) is 3.34. The van der Waals surface area contributed by atoms with Crippen LogP contribution in [-0.4, -0.2) is 27.1 Å². The first-order chi connectivity index (χ1) is 14.3. The van der Waals surface area contributed by atoms with Crippen molar-refractivity contribution in [2.24, 2.45) is 11.3 Å². The van der Waals surface area contributed by atoms with Crippen molar-refractivity contribution in [2.75, 3.05) is 11.6 Å². The van der Waals surface area contributed by atoms with E-state index in [1.54, 1.807) is 18.0 Å². The molecule has 0 aliphatic heterocycles. The highest BCUT2D eigenvalue weighted by Crippen LogP contribution is 2.38. The van der Waals surface area contributed by atoms with Crippen molar-refractivity contribution in [1.82, 2.24) is 14.9 Å². The number of aryl methyl sites for hydroxylation is 1. The number of carbonyl (C=O) groups excluding carboxylic acids is 1. The van der Waals surface area contributed by atoms with E-state index in [1.165, 1.54) is 4.90 Å². The maximum atomic E-state index is 12.9. The molecule has 1 N–H and O–H groups in total. The molecule has 1 aliphatic carbocycles. The molecule has 158 valence electrons. The molecule has 2 aromatic heterocycles. The van der Waals surface area contributed by atoms with Gasteiger partial charge in [-0.05, 0) is 48.1 Å². The third kappa shape index (κ3) is 4.46. The van der Waals surface area contributed by atoms with E-state index in [-0.39, 0.29) is 11.3 Å². The Morgan fingerprint density at radius 3 is 2.77 bits per heavy atom. The smallest absolute Gasteiger partial charge is 0.278 e. The zero-order valence-electron chi connectivity index (χ0n) is 17.9. The monoisotopic (exact) mass is 424 g/mol. The van der Waals surface area contributed by atoms with Crippen molar-refractivity contribution in [2.45, 2.75) is 51.5 Å². The molecule has 6 nitrogen and oxygen atoms in total. The summed E-state index contributed by atoms with van der Waals surface area (Å²) in [4.78, 5) is 14.1. The van der Waals surface area contributed by atoms with E-state index in [2.05, 4.69) is 66.9 Å². The first kappa shape index (κ1) is 20.7. The van der Waals surface area contributed by atoms with Crippen molar-refractivity contribution in [3.8, 4) is 0 Å². The third-order valence-electron chi connectivity index (χ3n) is 5.87. The fourth-order valence-corrected chi connectivity index (χ4v) is 4.35. The van der Waals surface area contributed by atoms with Crippen molar-refractivity contribution in [3.63, 3.8) is 0 Å². The summed E-state index contributed by atoms with van der Waals surface area (Å²) in [6.07, 6.45) is 8.30. The zero-order chi connectivity index (χ0) is 21.3. The molecular weight excluding hydrogens is 396 g/mol.